The van der Waals surface area contributed by atoms with Crippen molar-refractivity contribution in [2.24, 2.45) is 0 Å². The molecule has 0 fully saturated rings. The number of hydrogen-bond donors (Lipinski definition) is 1. The lowest BCUT2D eigenvalue weighted by Crippen LogP contribution is -2.35. The number of rotatable bonds is 4. The molecule has 1 N–H and O–H groups in total. The van der Waals surface area contributed by atoms with Gasteiger partial charge < -0.3 is 10.1 Å². The number of ether oxygens (including phenoxy) is 1. The van der Waals surface area contributed by atoms with Crippen LogP contribution in [0.5, 0.6) is 0 Å². The Kier molecular flexibility index (Phi) is 4.51. The summed E-state index contributed by atoms with van der Waals surface area (Å²) in [6.07, 6.45) is 0.146. The van der Waals surface area contributed by atoms with Crippen LogP contribution in [0.15, 0.2) is 30.3 Å². The molecule has 90 valence electrons. The minimum Gasteiger partial charge on any atom is -0.371 e. The predicted octanol–water partition coefficient (Wildman–Crippen LogP) is 3.15. The maximum absolute atomic E-state index is 5.98. The zero-order valence-corrected chi connectivity index (χ0v) is 10.9. The molecule has 1 rings (SSSR count). The molecule has 0 bridgehead atoms. The SMILES string of the molecule is CNC(c1ccccc1)C(C)OC(C)(C)C. The van der Waals surface area contributed by atoms with Crippen LogP contribution in [0.1, 0.15) is 39.3 Å². The fourth-order valence-electron chi connectivity index (χ4n) is 1.96. The number of nitrogens with one attached hydrogen (secondary N) is 1. The van der Waals surface area contributed by atoms with Crippen molar-refractivity contribution >= 4 is 0 Å². The first-order valence-electron chi connectivity index (χ1n) is 5.84. The third-order valence-corrected chi connectivity index (χ3v) is 2.48. The molecule has 0 saturated carbocycles. The molecule has 0 amide bonds. The number of likely N-dealkylation sites (N-methyl/N-ethyl adjacent to an activating group) is 1. The third kappa shape index (κ3) is 3.95. The van der Waals surface area contributed by atoms with Crippen molar-refractivity contribution in [3.63, 3.8) is 0 Å². The number of benzene rings is 1. The zero-order chi connectivity index (χ0) is 12.2. The lowest BCUT2D eigenvalue weighted by molar-refractivity contribution is -0.0660. The topological polar surface area (TPSA) is 21.3 Å². The van der Waals surface area contributed by atoms with E-state index in [1.807, 2.05) is 13.1 Å². The second kappa shape index (κ2) is 5.46. The first kappa shape index (κ1) is 13.2. The van der Waals surface area contributed by atoms with E-state index >= 15 is 0 Å². The van der Waals surface area contributed by atoms with E-state index in [0.717, 1.165) is 0 Å². The van der Waals surface area contributed by atoms with Gasteiger partial charge in [-0.15, -0.1) is 0 Å². The smallest absolute Gasteiger partial charge is 0.0748 e. The quantitative estimate of drug-likeness (QED) is 0.843. The molecule has 0 aliphatic heterocycles. The van der Waals surface area contributed by atoms with E-state index in [0.29, 0.717) is 0 Å². The van der Waals surface area contributed by atoms with Crippen LogP contribution in [0.2, 0.25) is 0 Å². The van der Waals surface area contributed by atoms with E-state index in [-0.39, 0.29) is 17.7 Å². The fourth-order valence-corrected chi connectivity index (χ4v) is 1.96. The van der Waals surface area contributed by atoms with Crippen LogP contribution in [0.4, 0.5) is 0 Å². The average Bonchev–Trinajstić information content (AvgIpc) is 2.17. The van der Waals surface area contributed by atoms with Crippen LogP contribution in [0.3, 0.4) is 0 Å². The van der Waals surface area contributed by atoms with E-state index < -0.39 is 0 Å². The largest absolute Gasteiger partial charge is 0.371 e. The Morgan fingerprint density at radius 1 is 1.12 bits per heavy atom. The summed E-state index contributed by atoms with van der Waals surface area (Å²) in [6.45, 7) is 8.36. The Hall–Kier alpha value is -0.860. The minimum absolute atomic E-state index is 0.108. The minimum atomic E-state index is -0.108. The molecule has 0 radical (unpaired) electrons. The van der Waals surface area contributed by atoms with Crippen LogP contribution >= 0.6 is 0 Å². The standard InChI is InChI=1S/C14H23NO/c1-11(16-14(2,3)4)13(15-5)12-9-7-6-8-10-12/h6-11,13,15H,1-5H3. The highest BCUT2D eigenvalue weighted by atomic mass is 16.5. The van der Waals surface area contributed by atoms with Gasteiger partial charge in [0.2, 0.25) is 0 Å². The van der Waals surface area contributed by atoms with Gasteiger partial charge in [-0.25, -0.2) is 0 Å². The summed E-state index contributed by atoms with van der Waals surface area (Å²) in [7, 11) is 1.97. The Balaban J connectivity index is 2.75. The molecule has 0 saturated heterocycles. The molecular weight excluding hydrogens is 198 g/mol. The monoisotopic (exact) mass is 221 g/mol. The summed E-state index contributed by atoms with van der Waals surface area (Å²) >= 11 is 0. The van der Waals surface area contributed by atoms with Gasteiger partial charge in [-0.05, 0) is 40.3 Å². The number of hydrogen-bond acceptors (Lipinski definition) is 2. The van der Waals surface area contributed by atoms with Gasteiger partial charge in [0.1, 0.15) is 0 Å². The maximum atomic E-state index is 5.98. The molecule has 0 aromatic heterocycles. The Morgan fingerprint density at radius 2 is 1.69 bits per heavy atom. The molecule has 2 heteroatoms. The van der Waals surface area contributed by atoms with Gasteiger partial charge >= 0.3 is 0 Å². The summed E-state index contributed by atoms with van der Waals surface area (Å²) < 4.78 is 5.98. The summed E-state index contributed by atoms with van der Waals surface area (Å²) in [6, 6.07) is 10.6. The van der Waals surface area contributed by atoms with Crippen molar-refractivity contribution < 1.29 is 4.74 Å². The van der Waals surface area contributed by atoms with Crippen molar-refractivity contribution in [1.82, 2.24) is 5.32 Å². The predicted molar refractivity (Wildman–Crippen MR) is 68.5 cm³/mol. The molecule has 1 aromatic carbocycles. The van der Waals surface area contributed by atoms with Crippen molar-refractivity contribution in [3.8, 4) is 0 Å². The van der Waals surface area contributed by atoms with Gasteiger partial charge in [-0.2, -0.15) is 0 Å². The van der Waals surface area contributed by atoms with Crippen LogP contribution in [0.25, 0.3) is 0 Å². The second-order valence-electron chi connectivity index (χ2n) is 5.11. The third-order valence-electron chi connectivity index (χ3n) is 2.48. The van der Waals surface area contributed by atoms with Crippen LogP contribution in [-0.2, 0) is 4.74 Å². The average molecular weight is 221 g/mol. The van der Waals surface area contributed by atoms with Gasteiger partial charge in [-0.3, -0.25) is 0 Å². The van der Waals surface area contributed by atoms with Gasteiger partial charge in [0.15, 0.2) is 0 Å². The van der Waals surface area contributed by atoms with Crippen LogP contribution < -0.4 is 5.32 Å². The lowest BCUT2D eigenvalue weighted by Gasteiger charge is -2.31. The Bertz CT molecular complexity index is 302. The van der Waals surface area contributed by atoms with Gasteiger partial charge in [0.05, 0.1) is 17.7 Å². The van der Waals surface area contributed by atoms with Crippen molar-refractivity contribution in [3.05, 3.63) is 35.9 Å². The molecule has 2 nitrogen and oxygen atoms in total. The van der Waals surface area contributed by atoms with Gasteiger partial charge in [0.25, 0.3) is 0 Å². The summed E-state index contributed by atoms with van der Waals surface area (Å²) in [5.41, 5.74) is 1.16. The lowest BCUT2D eigenvalue weighted by atomic mass is 10.0. The van der Waals surface area contributed by atoms with E-state index in [1.165, 1.54) is 5.56 Å². The maximum Gasteiger partial charge on any atom is 0.0748 e. The van der Waals surface area contributed by atoms with Crippen LogP contribution in [-0.4, -0.2) is 18.8 Å². The highest BCUT2D eigenvalue weighted by Gasteiger charge is 2.23. The Labute approximate surface area is 99.0 Å². The molecular formula is C14H23NO. The molecule has 16 heavy (non-hydrogen) atoms. The van der Waals surface area contributed by atoms with E-state index in [2.05, 4.69) is 57.3 Å². The second-order valence-corrected chi connectivity index (χ2v) is 5.11. The first-order chi connectivity index (χ1) is 7.44. The normalized spacial score (nSPS) is 15.8. The van der Waals surface area contributed by atoms with E-state index in [1.54, 1.807) is 0 Å². The molecule has 0 aliphatic rings. The fraction of sp³-hybridized carbons (Fsp3) is 0.571. The molecule has 2 unspecified atom stereocenters. The first-order valence-corrected chi connectivity index (χ1v) is 5.84. The van der Waals surface area contributed by atoms with E-state index in [4.69, 9.17) is 4.74 Å². The van der Waals surface area contributed by atoms with Gasteiger partial charge in [0, 0.05) is 0 Å². The summed E-state index contributed by atoms with van der Waals surface area (Å²) in [5, 5.41) is 3.32. The zero-order valence-electron chi connectivity index (χ0n) is 10.9. The van der Waals surface area contributed by atoms with Gasteiger partial charge in [-0.1, -0.05) is 30.3 Å². The summed E-state index contributed by atoms with van der Waals surface area (Å²) in [4.78, 5) is 0. The van der Waals surface area contributed by atoms with Crippen molar-refractivity contribution in [2.45, 2.75) is 45.4 Å². The van der Waals surface area contributed by atoms with Crippen molar-refractivity contribution in [2.75, 3.05) is 7.05 Å². The van der Waals surface area contributed by atoms with Crippen LogP contribution in [0, 0.1) is 0 Å². The highest BCUT2D eigenvalue weighted by Crippen LogP contribution is 2.22. The van der Waals surface area contributed by atoms with Crippen molar-refractivity contribution in [1.29, 1.82) is 0 Å². The molecule has 0 aliphatic carbocycles. The van der Waals surface area contributed by atoms with E-state index in [9.17, 15) is 0 Å². The molecule has 0 spiro atoms. The molecule has 2 atom stereocenters. The highest BCUT2D eigenvalue weighted by molar-refractivity contribution is 5.19. The molecule has 1 aromatic rings. The molecule has 0 heterocycles. The Morgan fingerprint density at radius 3 is 2.12 bits per heavy atom. The summed E-state index contributed by atoms with van der Waals surface area (Å²) in [5.74, 6) is 0.